The Morgan fingerprint density at radius 2 is 1.73 bits per heavy atom. The van der Waals surface area contributed by atoms with Crippen LogP contribution in [0.1, 0.15) is 23.6 Å². The van der Waals surface area contributed by atoms with Gasteiger partial charge >= 0.3 is 0 Å². The fraction of sp³-hybridized carbons (Fsp3) is 0.158. The van der Waals surface area contributed by atoms with Gasteiger partial charge in [-0.15, -0.1) is 0 Å². The average Bonchev–Trinajstić information content (AvgIpc) is 2.53. The molecule has 0 saturated heterocycles. The van der Waals surface area contributed by atoms with Crippen LogP contribution in [0.3, 0.4) is 0 Å². The summed E-state index contributed by atoms with van der Waals surface area (Å²) in [4.78, 5) is 34.4. The van der Waals surface area contributed by atoms with Crippen LogP contribution in [0.25, 0.3) is 6.08 Å². The third-order valence-corrected chi connectivity index (χ3v) is 3.43. The van der Waals surface area contributed by atoms with E-state index >= 15 is 0 Å². The van der Waals surface area contributed by atoms with E-state index in [0.29, 0.717) is 11.3 Å². The maximum Gasteiger partial charge on any atom is 0.272 e. The minimum Gasteiger partial charge on any atom is -0.322 e. The van der Waals surface area contributed by atoms with E-state index in [1.54, 1.807) is 6.07 Å². The van der Waals surface area contributed by atoms with Gasteiger partial charge in [0.2, 0.25) is 5.91 Å². The summed E-state index contributed by atoms with van der Waals surface area (Å²) in [7, 11) is 0. The van der Waals surface area contributed by atoms with E-state index < -0.39 is 16.7 Å². The van der Waals surface area contributed by atoms with Crippen LogP contribution in [-0.4, -0.2) is 16.7 Å². The Hall–Kier alpha value is -3.48. The number of carbonyl (C=O) groups excluding carboxylic acids is 2. The number of carbonyl (C=O) groups is 2. The van der Waals surface area contributed by atoms with Gasteiger partial charge in [0.1, 0.15) is 5.70 Å². The molecule has 0 atom stereocenters. The van der Waals surface area contributed by atoms with Gasteiger partial charge in [-0.3, -0.25) is 19.7 Å². The van der Waals surface area contributed by atoms with Gasteiger partial charge in [0, 0.05) is 24.7 Å². The van der Waals surface area contributed by atoms with Crippen molar-refractivity contribution in [2.75, 3.05) is 5.32 Å². The van der Waals surface area contributed by atoms with Crippen molar-refractivity contribution in [2.24, 2.45) is 0 Å². The molecule has 0 spiro atoms. The molecule has 0 aliphatic heterocycles. The first-order valence-electron chi connectivity index (χ1n) is 7.88. The SMILES string of the molecule is CC(=O)N/C(=C/c1cccc([N+](=O)[O-])c1)C(=O)Nc1cc(C)cc(C)c1. The topological polar surface area (TPSA) is 101 Å². The lowest BCUT2D eigenvalue weighted by Gasteiger charge is -2.11. The van der Waals surface area contributed by atoms with E-state index in [9.17, 15) is 19.7 Å². The Bertz CT molecular complexity index is 883. The van der Waals surface area contributed by atoms with E-state index in [2.05, 4.69) is 10.6 Å². The number of aryl methyl sites for hydroxylation is 2. The smallest absolute Gasteiger partial charge is 0.272 e. The monoisotopic (exact) mass is 353 g/mol. The Morgan fingerprint density at radius 3 is 2.31 bits per heavy atom. The highest BCUT2D eigenvalue weighted by atomic mass is 16.6. The van der Waals surface area contributed by atoms with Crippen molar-refractivity contribution in [3.63, 3.8) is 0 Å². The summed E-state index contributed by atoms with van der Waals surface area (Å²) < 4.78 is 0. The minimum absolute atomic E-state index is 0.00263. The predicted molar refractivity (Wildman–Crippen MR) is 99.4 cm³/mol. The van der Waals surface area contributed by atoms with E-state index in [0.717, 1.165) is 11.1 Å². The molecule has 0 aliphatic rings. The molecule has 0 fully saturated rings. The molecule has 7 nitrogen and oxygen atoms in total. The molecule has 2 aromatic carbocycles. The number of nitro groups is 1. The summed E-state index contributed by atoms with van der Waals surface area (Å²) in [5, 5.41) is 16.1. The molecule has 134 valence electrons. The normalized spacial score (nSPS) is 11.0. The largest absolute Gasteiger partial charge is 0.322 e. The highest BCUT2D eigenvalue weighted by Gasteiger charge is 2.13. The number of hydrogen-bond donors (Lipinski definition) is 2. The molecule has 0 saturated carbocycles. The lowest BCUT2D eigenvalue weighted by Crippen LogP contribution is -2.29. The molecule has 0 aliphatic carbocycles. The van der Waals surface area contributed by atoms with Gasteiger partial charge in [0.05, 0.1) is 4.92 Å². The number of nitro benzene ring substituents is 1. The standard InChI is InChI=1S/C19H19N3O4/c1-12-7-13(2)9-16(8-12)21-19(24)18(20-14(3)23)11-15-5-4-6-17(10-15)22(25)26/h4-11H,1-3H3,(H,20,23)(H,21,24)/b18-11+. The minimum atomic E-state index is -0.523. The summed E-state index contributed by atoms with van der Waals surface area (Å²) >= 11 is 0. The lowest BCUT2D eigenvalue weighted by molar-refractivity contribution is -0.384. The Kier molecular flexibility index (Phi) is 5.85. The third kappa shape index (κ3) is 5.27. The second kappa shape index (κ2) is 8.06. The van der Waals surface area contributed by atoms with Gasteiger partial charge in [0.25, 0.3) is 11.6 Å². The maximum absolute atomic E-state index is 12.6. The second-order valence-electron chi connectivity index (χ2n) is 5.92. The first-order valence-corrected chi connectivity index (χ1v) is 7.88. The Balaban J connectivity index is 2.33. The number of benzene rings is 2. The average molecular weight is 353 g/mol. The fourth-order valence-corrected chi connectivity index (χ4v) is 2.49. The number of hydrogen-bond acceptors (Lipinski definition) is 4. The van der Waals surface area contributed by atoms with E-state index in [1.165, 1.54) is 31.2 Å². The lowest BCUT2D eigenvalue weighted by atomic mass is 10.1. The predicted octanol–water partition coefficient (Wildman–Crippen LogP) is 3.33. The molecular weight excluding hydrogens is 334 g/mol. The van der Waals surface area contributed by atoms with Crippen LogP contribution < -0.4 is 10.6 Å². The summed E-state index contributed by atoms with van der Waals surface area (Å²) in [5.41, 5.74) is 2.90. The molecule has 26 heavy (non-hydrogen) atoms. The highest BCUT2D eigenvalue weighted by Crippen LogP contribution is 2.17. The van der Waals surface area contributed by atoms with Crippen LogP contribution in [-0.2, 0) is 9.59 Å². The number of amides is 2. The van der Waals surface area contributed by atoms with Crippen molar-refractivity contribution >= 4 is 29.3 Å². The molecular formula is C19H19N3O4. The van der Waals surface area contributed by atoms with Crippen molar-refractivity contribution in [1.82, 2.24) is 5.32 Å². The van der Waals surface area contributed by atoms with Gasteiger partial charge < -0.3 is 10.6 Å². The molecule has 2 rings (SSSR count). The van der Waals surface area contributed by atoms with Crippen LogP contribution >= 0.6 is 0 Å². The molecule has 0 aromatic heterocycles. The summed E-state index contributed by atoms with van der Waals surface area (Å²) in [5.74, 6) is -0.936. The van der Waals surface area contributed by atoms with E-state index in [1.807, 2.05) is 32.0 Å². The Morgan fingerprint density at radius 1 is 1.08 bits per heavy atom. The number of nitrogens with one attached hydrogen (secondary N) is 2. The van der Waals surface area contributed by atoms with Gasteiger partial charge in [-0.05, 0) is 48.7 Å². The number of nitrogens with zero attached hydrogens (tertiary/aromatic N) is 1. The van der Waals surface area contributed by atoms with Gasteiger partial charge in [-0.1, -0.05) is 18.2 Å². The molecule has 0 heterocycles. The summed E-state index contributed by atoms with van der Waals surface area (Å²) in [6, 6.07) is 11.4. The van der Waals surface area contributed by atoms with Crippen molar-refractivity contribution in [2.45, 2.75) is 20.8 Å². The van der Waals surface area contributed by atoms with Gasteiger partial charge in [-0.2, -0.15) is 0 Å². The zero-order valence-corrected chi connectivity index (χ0v) is 14.7. The fourth-order valence-electron chi connectivity index (χ4n) is 2.49. The van der Waals surface area contributed by atoms with Crippen LogP contribution in [0.15, 0.2) is 48.2 Å². The highest BCUT2D eigenvalue weighted by molar-refractivity contribution is 6.08. The van der Waals surface area contributed by atoms with Crippen molar-refractivity contribution in [3.05, 3.63) is 75.0 Å². The zero-order chi connectivity index (χ0) is 19.3. The van der Waals surface area contributed by atoms with E-state index in [4.69, 9.17) is 0 Å². The van der Waals surface area contributed by atoms with Crippen LogP contribution in [0.4, 0.5) is 11.4 Å². The molecule has 2 amide bonds. The first kappa shape index (κ1) is 18.9. The number of rotatable bonds is 5. The quantitative estimate of drug-likeness (QED) is 0.489. The van der Waals surface area contributed by atoms with Gasteiger partial charge in [0.15, 0.2) is 0 Å². The first-order chi connectivity index (χ1) is 12.2. The molecule has 0 bridgehead atoms. The Labute approximate surface area is 150 Å². The third-order valence-electron chi connectivity index (χ3n) is 3.43. The molecule has 7 heteroatoms. The molecule has 2 N–H and O–H groups in total. The van der Waals surface area contributed by atoms with E-state index in [-0.39, 0.29) is 11.4 Å². The van der Waals surface area contributed by atoms with Gasteiger partial charge in [-0.25, -0.2) is 0 Å². The van der Waals surface area contributed by atoms with Crippen LogP contribution in [0, 0.1) is 24.0 Å². The zero-order valence-electron chi connectivity index (χ0n) is 14.7. The van der Waals surface area contributed by atoms with Crippen molar-refractivity contribution in [1.29, 1.82) is 0 Å². The van der Waals surface area contributed by atoms with Crippen molar-refractivity contribution in [3.8, 4) is 0 Å². The molecule has 0 unspecified atom stereocenters. The summed E-state index contributed by atoms with van der Waals surface area (Å²) in [6.45, 7) is 5.11. The van der Waals surface area contributed by atoms with Crippen LogP contribution in [0.2, 0.25) is 0 Å². The van der Waals surface area contributed by atoms with Crippen LogP contribution in [0.5, 0.6) is 0 Å². The molecule has 0 radical (unpaired) electrons. The maximum atomic E-state index is 12.6. The molecule has 2 aromatic rings. The van der Waals surface area contributed by atoms with Crippen molar-refractivity contribution < 1.29 is 14.5 Å². The summed E-state index contributed by atoms with van der Waals surface area (Å²) in [6.07, 6.45) is 1.40. The number of non-ortho nitro benzene ring substituents is 1. The second-order valence-corrected chi connectivity index (χ2v) is 5.92. The number of anilines is 1.